The summed E-state index contributed by atoms with van der Waals surface area (Å²) in [6, 6.07) is 18.5. The van der Waals surface area contributed by atoms with Gasteiger partial charge < -0.3 is 12.1 Å². The topological polar surface area (TPSA) is 33.5 Å². The van der Waals surface area contributed by atoms with Crippen LogP contribution in [-0.2, 0) is 17.0 Å². The predicted molar refractivity (Wildman–Crippen MR) is 105 cm³/mol. The van der Waals surface area contributed by atoms with Gasteiger partial charge in [0, 0.05) is 0 Å². The molecule has 1 nitrogen and oxygen atoms in total. The molecule has 0 amide bonds. The molecule has 2 aromatic rings. The van der Waals surface area contributed by atoms with Gasteiger partial charge in [-0.2, -0.15) is 44.9 Å². The van der Waals surface area contributed by atoms with Crippen LogP contribution in [-0.4, -0.2) is 0 Å². The number of benzene rings is 2. The number of halogens is 2. The number of fused-ring (bicyclic) bond motifs is 1. The maximum Gasteiger partial charge on any atom is -0.693 e. The average Bonchev–Trinajstić information content (AvgIpc) is 2.92. The number of rotatable bonds is 2. The van der Waals surface area contributed by atoms with Crippen molar-refractivity contribution in [3.8, 4) is 0 Å². The molecule has 3 rings (SSSR count). The van der Waals surface area contributed by atoms with E-state index in [-0.39, 0.29) is 6.15 Å². The Labute approximate surface area is 163 Å². The summed E-state index contributed by atoms with van der Waals surface area (Å²) < 4.78 is 0. The summed E-state index contributed by atoms with van der Waals surface area (Å²) in [5.74, 6) is 2.13. The van der Waals surface area contributed by atoms with Crippen molar-refractivity contribution in [1.29, 1.82) is 0 Å². The van der Waals surface area contributed by atoms with E-state index in [0.29, 0.717) is 5.92 Å². The molecule has 1 atom stereocenters. The molecule has 0 saturated heterocycles. The van der Waals surface area contributed by atoms with Crippen LogP contribution in [0.4, 0.5) is 0 Å². The van der Waals surface area contributed by atoms with Gasteiger partial charge in [0.05, 0.1) is 0 Å². The Bertz CT molecular complexity index is 585. The molecule has 130 valence electrons. The fourth-order valence-electron chi connectivity index (χ4n) is 2.42. The van der Waals surface area contributed by atoms with E-state index in [1.807, 2.05) is 30.3 Å². The quantitative estimate of drug-likeness (QED) is 0.367. The zero-order valence-electron chi connectivity index (χ0n) is 14.2. The van der Waals surface area contributed by atoms with E-state index in [9.17, 15) is 0 Å². The zero-order chi connectivity index (χ0) is 17.1. The third-order valence-corrected chi connectivity index (χ3v) is 3.37. The van der Waals surface area contributed by atoms with Crippen LogP contribution in [0.1, 0.15) is 42.9 Å². The summed E-state index contributed by atoms with van der Waals surface area (Å²) in [6.07, 6.45) is 5.74. The Morgan fingerprint density at radius 2 is 1.54 bits per heavy atom. The molecule has 0 aliphatic heterocycles. The van der Waals surface area contributed by atoms with Crippen molar-refractivity contribution < 1.29 is 17.0 Å². The Hall–Kier alpha value is -0.696. The summed E-state index contributed by atoms with van der Waals surface area (Å²) in [7, 11) is 9.78. The standard InChI is InChI=1S/C13H15.C7H7.2ClH.H2N.Ti/c1-10(2)9-12-8-7-11-5-3-4-6-13(11)12;1-7-5-3-2-4-6-7;;;;/h3-8,12H,9H2,1-2H3;2-6H,1H2;2*1H;1H2;/q2*-1;;;-1;+2/p-2. The van der Waals surface area contributed by atoms with E-state index in [0.717, 1.165) is 5.56 Å². The van der Waals surface area contributed by atoms with Gasteiger partial charge in [0.2, 0.25) is 0 Å². The van der Waals surface area contributed by atoms with Gasteiger partial charge >= 0.3 is 35.6 Å². The molecule has 0 spiro atoms. The average molecular weight is 397 g/mol. The van der Waals surface area contributed by atoms with E-state index < -0.39 is 17.0 Å². The molecule has 4 heteroatoms. The van der Waals surface area contributed by atoms with Crippen molar-refractivity contribution in [1.82, 2.24) is 0 Å². The zero-order valence-corrected chi connectivity index (χ0v) is 17.2. The van der Waals surface area contributed by atoms with Crippen molar-refractivity contribution >= 4 is 24.7 Å². The van der Waals surface area contributed by atoms with E-state index in [1.54, 1.807) is 0 Å². The predicted octanol–water partition coefficient (Wildman–Crippen LogP) is 7.76. The van der Waals surface area contributed by atoms with Crippen LogP contribution in [0.25, 0.3) is 12.2 Å². The largest absolute Gasteiger partial charge is 0.693 e. The van der Waals surface area contributed by atoms with Crippen LogP contribution in [0.2, 0.25) is 0 Å². The van der Waals surface area contributed by atoms with Crippen molar-refractivity contribution in [2.24, 2.45) is 0 Å². The van der Waals surface area contributed by atoms with Gasteiger partial charge in [0.15, 0.2) is 0 Å². The van der Waals surface area contributed by atoms with Crippen LogP contribution in [0, 0.1) is 12.8 Å². The van der Waals surface area contributed by atoms with Gasteiger partial charge in [-0.25, -0.2) is 0 Å². The summed E-state index contributed by atoms with van der Waals surface area (Å²) in [6.45, 7) is 8.13. The van der Waals surface area contributed by atoms with E-state index in [1.165, 1.54) is 23.5 Å². The third kappa shape index (κ3) is 8.96. The third-order valence-electron chi connectivity index (χ3n) is 3.37. The fourth-order valence-corrected chi connectivity index (χ4v) is 2.42. The van der Waals surface area contributed by atoms with Crippen LogP contribution in [0.5, 0.6) is 0 Å². The van der Waals surface area contributed by atoms with Crippen LogP contribution < -0.4 is 0 Å². The molecule has 0 heterocycles. The molecule has 1 unspecified atom stereocenters. The van der Waals surface area contributed by atoms with Crippen LogP contribution >= 0.6 is 18.6 Å². The first-order chi connectivity index (χ1) is 11.1. The summed E-state index contributed by atoms with van der Waals surface area (Å²) >= 11 is -0.556. The van der Waals surface area contributed by atoms with Crippen LogP contribution in [0.3, 0.4) is 0 Å². The molecule has 1 aliphatic rings. The SMILES string of the molecule is C[C-](C)CC1C=Cc2ccccc21.[CH2-]c1ccccc1.[Cl][Ti][Cl].[NH2-]. The molecule has 0 radical (unpaired) electrons. The number of nitrogens with two attached hydrogens (primary N) is 1. The van der Waals surface area contributed by atoms with E-state index in [2.05, 4.69) is 57.2 Å². The molecule has 0 saturated carbocycles. The molecule has 24 heavy (non-hydrogen) atoms. The maximum absolute atomic E-state index is 4.89. The first kappa shape index (κ1) is 23.3. The van der Waals surface area contributed by atoms with Crippen molar-refractivity contribution in [3.05, 3.63) is 96.4 Å². The van der Waals surface area contributed by atoms with Gasteiger partial charge in [0.25, 0.3) is 0 Å². The van der Waals surface area contributed by atoms with Crippen LogP contribution in [0.15, 0.2) is 60.7 Å². The molecular formula is C20H24Cl2NTi-3. The Kier molecular flexibility index (Phi) is 13.2. The van der Waals surface area contributed by atoms with Gasteiger partial charge in [0.1, 0.15) is 0 Å². The molecule has 0 fully saturated rings. The Morgan fingerprint density at radius 1 is 1.00 bits per heavy atom. The first-order valence-corrected chi connectivity index (χ1v) is 11.8. The monoisotopic (exact) mass is 396 g/mol. The molecule has 1 aliphatic carbocycles. The minimum atomic E-state index is -0.556. The second-order valence-corrected chi connectivity index (χ2v) is 8.14. The van der Waals surface area contributed by atoms with Crippen molar-refractivity contribution in [3.63, 3.8) is 0 Å². The number of allylic oxidation sites excluding steroid dienone is 1. The normalized spacial score (nSPS) is 13.6. The minimum Gasteiger partial charge on any atom is -0.693 e. The fraction of sp³-hybridized carbons (Fsp3) is 0.200. The second-order valence-electron chi connectivity index (χ2n) is 5.56. The summed E-state index contributed by atoms with van der Waals surface area (Å²) in [5.41, 5.74) is 3.96. The summed E-state index contributed by atoms with van der Waals surface area (Å²) in [4.78, 5) is 0. The van der Waals surface area contributed by atoms with Gasteiger partial charge in [-0.1, -0.05) is 42.5 Å². The van der Waals surface area contributed by atoms with Crippen molar-refractivity contribution in [2.75, 3.05) is 0 Å². The van der Waals surface area contributed by atoms with Crippen molar-refractivity contribution in [2.45, 2.75) is 26.2 Å². The van der Waals surface area contributed by atoms with E-state index in [4.69, 9.17) is 18.6 Å². The minimum absolute atomic E-state index is 0. The van der Waals surface area contributed by atoms with E-state index >= 15 is 0 Å². The maximum atomic E-state index is 4.89. The summed E-state index contributed by atoms with van der Waals surface area (Å²) in [5, 5.41) is 0. The molecule has 2 N–H and O–H groups in total. The molecule has 0 aromatic heterocycles. The molecule has 2 aromatic carbocycles. The van der Waals surface area contributed by atoms with Gasteiger partial charge in [-0.3, -0.25) is 0 Å². The number of hydrogen-bond acceptors (Lipinski definition) is 0. The smallest absolute Gasteiger partial charge is 0.693 e. The second kappa shape index (κ2) is 13.6. The Morgan fingerprint density at radius 3 is 2.04 bits per heavy atom. The van der Waals surface area contributed by atoms with Gasteiger partial charge in [-0.15, -0.1) is 12.1 Å². The van der Waals surface area contributed by atoms with Gasteiger partial charge in [-0.05, 0) is 17.0 Å². The molecule has 0 bridgehead atoms. The number of hydrogen-bond donors (Lipinski definition) is 0. The molecular weight excluding hydrogens is 373 g/mol. The Balaban J connectivity index is 0.000000409. The first-order valence-electron chi connectivity index (χ1n) is 7.48.